The summed E-state index contributed by atoms with van der Waals surface area (Å²) in [5.74, 6) is 0. The molecule has 0 aromatic carbocycles. The van der Waals surface area contributed by atoms with Crippen molar-refractivity contribution >= 4 is 10.0 Å². The van der Waals surface area contributed by atoms with Gasteiger partial charge in [0.2, 0.25) is 10.0 Å². The molecule has 0 radical (unpaired) electrons. The molecule has 0 spiro atoms. The highest BCUT2D eigenvalue weighted by Gasteiger charge is 2.24. The van der Waals surface area contributed by atoms with E-state index in [-0.39, 0.29) is 10.4 Å². The lowest BCUT2D eigenvalue weighted by Crippen LogP contribution is -2.48. The van der Waals surface area contributed by atoms with Crippen molar-refractivity contribution in [1.82, 2.24) is 24.7 Å². The average Bonchev–Trinajstić information content (AvgIpc) is 2.86. The van der Waals surface area contributed by atoms with E-state index in [0.29, 0.717) is 13.1 Å². The summed E-state index contributed by atoms with van der Waals surface area (Å²) in [6.07, 6.45) is 2.94. The number of aromatic nitrogens is 2. The van der Waals surface area contributed by atoms with Crippen molar-refractivity contribution < 1.29 is 8.42 Å². The molecule has 0 fully saturated rings. The fourth-order valence-corrected chi connectivity index (χ4v) is 2.65. The molecule has 0 aliphatic carbocycles. The zero-order chi connectivity index (χ0) is 16.1. The second-order valence-corrected chi connectivity index (χ2v) is 7.59. The van der Waals surface area contributed by atoms with E-state index < -0.39 is 10.0 Å². The molecule has 1 heterocycles. The van der Waals surface area contributed by atoms with Gasteiger partial charge in [-0.1, -0.05) is 6.92 Å². The van der Waals surface area contributed by atoms with Crippen molar-refractivity contribution in [3.8, 4) is 0 Å². The molecule has 0 bridgehead atoms. The van der Waals surface area contributed by atoms with E-state index in [2.05, 4.69) is 15.1 Å². The number of sulfonamides is 1. The lowest BCUT2D eigenvalue weighted by atomic mass is 10.1. The molecular weight excluding hydrogens is 290 g/mol. The van der Waals surface area contributed by atoms with Crippen molar-refractivity contribution in [3.63, 3.8) is 0 Å². The molecule has 1 aromatic heterocycles. The molecule has 0 saturated heterocycles. The number of hydrogen-bond acceptors (Lipinski definition) is 5. The molecule has 122 valence electrons. The summed E-state index contributed by atoms with van der Waals surface area (Å²) in [6, 6.07) is 0. The highest BCUT2D eigenvalue weighted by molar-refractivity contribution is 7.89. The topological polar surface area (TPSA) is 79.3 Å². The summed E-state index contributed by atoms with van der Waals surface area (Å²) >= 11 is 0. The SMILES string of the molecule is CCNCCn1cc(S(=O)(=O)NCC(C)(C)N(C)C)cn1. The maximum Gasteiger partial charge on any atom is 0.243 e. The standard InChI is InChI=1S/C13H27N5O2S/c1-6-14-7-8-18-10-12(9-15-18)21(19,20)16-11-13(2,3)17(4)5/h9-10,14,16H,6-8,11H2,1-5H3. The Balaban J connectivity index is 2.66. The van der Waals surface area contributed by atoms with Gasteiger partial charge in [-0.25, -0.2) is 13.1 Å². The summed E-state index contributed by atoms with van der Waals surface area (Å²) in [4.78, 5) is 2.18. The van der Waals surface area contributed by atoms with Crippen LogP contribution in [0.1, 0.15) is 20.8 Å². The summed E-state index contributed by atoms with van der Waals surface area (Å²) in [7, 11) is 0.330. The number of hydrogen-bond donors (Lipinski definition) is 2. The third-order valence-corrected chi connectivity index (χ3v) is 4.95. The Morgan fingerprint density at radius 1 is 1.38 bits per heavy atom. The van der Waals surface area contributed by atoms with Gasteiger partial charge in [0.05, 0.1) is 12.7 Å². The Morgan fingerprint density at radius 3 is 2.62 bits per heavy atom. The van der Waals surface area contributed by atoms with E-state index in [1.165, 1.54) is 6.20 Å². The third kappa shape index (κ3) is 5.39. The van der Waals surface area contributed by atoms with Crippen LogP contribution in [0.4, 0.5) is 0 Å². The second-order valence-electron chi connectivity index (χ2n) is 5.82. The predicted molar refractivity (Wildman–Crippen MR) is 83.7 cm³/mol. The minimum Gasteiger partial charge on any atom is -0.315 e. The van der Waals surface area contributed by atoms with Gasteiger partial charge in [-0.3, -0.25) is 4.68 Å². The van der Waals surface area contributed by atoms with Gasteiger partial charge in [0, 0.05) is 24.8 Å². The number of nitrogens with zero attached hydrogens (tertiary/aromatic N) is 3. The fourth-order valence-electron chi connectivity index (χ4n) is 1.49. The molecule has 0 unspecified atom stereocenters. The van der Waals surface area contributed by atoms with Gasteiger partial charge in [-0.15, -0.1) is 0 Å². The molecular formula is C13H27N5O2S. The van der Waals surface area contributed by atoms with Gasteiger partial charge in [0.1, 0.15) is 4.90 Å². The molecule has 0 aliphatic rings. The molecule has 0 amide bonds. The monoisotopic (exact) mass is 317 g/mol. The van der Waals surface area contributed by atoms with Crippen LogP contribution in [0, 0.1) is 0 Å². The van der Waals surface area contributed by atoms with Crippen LogP contribution in [0.25, 0.3) is 0 Å². The molecule has 7 nitrogen and oxygen atoms in total. The Labute approximate surface area is 127 Å². The van der Waals surface area contributed by atoms with Gasteiger partial charge in [-0.05, 0) is 34.5 Å². The van der Waals surface area contributed by atoms with Crippen LogP contribution in [0.2, 0.25) is 0 Å². The minimum atomic E-state index is -3.52. The summed E-state index contributed by atoms with van der Waals surface area (Å²) in [5, 5.41) is 7.25. The largest absolute Gasteiger partial charge is 0.315 e. The van der Waals surface area contributed by atoms with Gasteiger partial charge in [0.25, 0.3) is 0 Å². The average molecular weight is 317 g/mol. The highest BCUT2D eigenvalue weighted by atomic mass is 32.2. The first kappa shape index (κ1) is 18.1. The van der Waals surface area contributed by atoms with E-state index in [1.54, 1.807) is 10.9 Å². The van der Waals surface area contributed by atoms with Gasteiger partial charge < -0.3 is 10.2 Å². The maximum absolute atomic E-state index is 12.2. The quantitative estimate of drug-likeness (QED) is 0.632. The molecule has 0 atom stereocenters. The minimum absolute atomic E-state index is 0.202. The van der Waals surface area contributed by atoms with Crippen LogP contribution >= 0.6 is 0 Å². The van der Waals surface area contributed by atoms with Gasteiger partial charge in [-0.2, -0.15) is 5.10 Å². The van der Waals surface area contributed by atoms with E-state index in [9.17, 15) is 8.42 Å². The molecule has 21 heavy (non-hydrogen) atoms. The second kappa shape index (κ2) is 7.35. The van der Waals surface area contributed by atoms with Crippen LogP contribution in [0.5, 0.6) is 0 Å². The van der Waals surface area contributed by atoms with Crippen molar-refractivity contribution in [1.29, 1.82) is 0 Å². The van der Waals surface area contributed by atoms with Crippen LogP contribution in [0.3, 0.4) is 0 Å². The zero-order valence-electron chi connectivity index (χ0n) is 13.5. The lowest BCUT2D eigenvalue weighted by molar-refractivity contribution is 0.199. The molecule has 1 rings (SSSR count). The van der Waals surface area contributed by atoms with Crippen LogP contribution in [0.15, 0.2) is 17.3 Å². The normalized spacial score (nSPS) is 13.0. The van der Waals surface area contributed by atoms with E-state index in [0.717, 1.165) is 13.1 Å². The smallest absolute Gasteiger partial charge is 0.243 e. The fraction of sp³-hybridized carbons (Fsp3) is 0.769. The van der Waals surface area contributed by atoms with Crippen molar-refractivity contribution in [2.24, 2.45) is 0 Å². The van der Waals surface area contributed by atoms with Crippen molar-refractivity contribution in [3.05, 3.63) is 12.4 Å². The number of likely N-dealkylation sites (N-methyl/N-ethyl adjacent to an activating group) is 2. The van der Waals surface area contributed by atoms with Crippen molar-refractivity contribution in [2.75, 3.05) is 33.7 Å². The third-order valence-electron chi connectivity index (χ3n) is 3.59. The molecule has 1 aromatic rings. The highest BCUT2D eigenvalue weighted by Crippen LogP contribution is 2.11. The Hall–Kier alpha value is -0.960. The molecule has 8 heteroatoms. The Bertz CT molecular complexity index is 537. The number of nitrogens with one attached hydrogen (secondary N) is 2. The first-order valence-corrected chi connectivity index (χ1v) is 8.57. The first-order valence-electron chi connectivity index (χ1n) is 7.09. The number of rotatable bonds is 9. The molecule has 2 N–H and O–H groups in total. The summed E-state index contributed by atoms with van der Waals surface area (Å²) in [5.41, 5.74) is -0.256. The summed E-state index contributed by atoms with van der Waals surface area (Å²) < 4.78 is 28.8. The van der Waals surface area contributed by atoms with E-state index in [4.69, 9.17) is 0 Å². The molecule has 0 saturated carbocycles. The molecule has 0 aliphatic heterocycles. The van der Waals surface area contributed by atoms with Gasteiger partial charge in [0.15, 0.2) is 0 Å². The maximum atomic E-state index is 12.2. The summed E-state index contributed by atoms with van der Waals surface area (Å²) in [6.45, 7) is 8.62. The van der Waals surface area contributed by atoms with Crippen LogP contribution in [-0.2, 0) is 16.6 Å². The van der Waals surface area contributed by atoms with Crippen LogP contribution < -0.4 is 10.0 Å². The Kier molecular flexibility index (Phi) is 6.33. The first-order chi connectivity index (χ1) is 9.69. The van der Waals surface area contributed by atoms with Gasteiger partial charge >= 0.3 is 0 Å². The lowest BCUT2D eigenvalue weighted by Gasteiger charge is -2.32. The van der Waals surface area contributed by atoms with E-state index >= 15 is 0 Å². The van der Waals surface area contributed by atoms with E-state index in [1.807, 2.05) is 39.8 Å². The Morgan fingerprint density at radius 2 is 2.05 bits per heavy atom. The van der Waals surface area contributed by atoms with Crippen molar-refractivity contribution in [2.45, 2.75) is 37.8 Å². The predicted octanol–water partition coefficient (Wildman–Crippen LogP) is 0.111. The zero-order valence-corrected chi connectivity index (χ0v) is 14.4. The van der Waals surface area contributed by atoms with Crippen LogP contribution in [-0.4, -0.2) is 62.4 Å².